The fourth-order valence-electron chi connectivity index (χ4n) is 2.35. The van der Waals surface area contributed by atoms with Gasteiger partial charge in [-0.3, -0.25) is 0 Å². The van der Waals surface area contributed by atoms with Gasteiger partial charge in [0.1, 0.15) is 0 Å². The topological polar surface area (TPSA) is 70.7 Å². The minimum atomic E-state index is -1.02. The van der Waals surface area contributed by atoms with E-state index in [9.17, 15) is 18.4 Å². The predicted molar refractivity (Wildman–Crippen MR) is 80.1 cm³/mol. The molecule has 8 heteroatoms. The minimum absolute atomic E-state index is 0.0917. The highest BCUT2D eigenvalue weighted by Crippen LogP contribution is 2.14. The average Bonchev–Trinajstić information content (AvgIpc) is 2.52. The Labute approximate surface area is 132 Å². The SMILES string of the molecule is CCOC(=O)N1CCC(NC(=O)Nc2ccc(F)c(F)c2)CC1. The van der Waals surface area contributed by atoms with E-state index in [1.54, 1.807) is 11.8 Å². The number of ether oxygens (including phenoxy) is 1. The lowest BCUT2D eigenvalue weighted by Gasteiger charge is -2.31. The number of amides is 3. The summed E-state index contributed by atoms with van der Waals surface area (Å²) in [5.74, 6) is -1.99. The number of urea groups is 1. The number of halogens is 2. The van der Waals surface area contributed by atoms with Crippen LogP contribution in [0.3, 0.4) is 0 Å². The Morgan fingerprint density at radius 1 is 1.26 bits per heavy atom. The van der Waals surface area contributed by atoms with Crippen LogP contribution in [0.5, 0.6) is 0 Å². The molecule has 6 nitrogen and oxygen atoms in total. The molecule has 2 rings (SSSR count). The maximum atomic E-state index is 13.1. The van der Waals surface area contributed by atoms with Gasteiger partial charge in [0.2, 0.25) is 0 Å². The van der Waals surface area contributed by atoms with Crippen molar-refractivity contribution in [2.75, 3.05) is 25.0 Å². The molecular weight excluding hydrogens is 308 g/mol. The Morgan fingerprint density at radius 2 is 1.96 bits per heavy atom. The molecule has 1 saturated heterocycles. The first-order valence-corrected chi connectivity index (χ1v) is 7.44. The third-order valence-corrected chi connectivity index (χ3v) is 3.53. The number of benzene rings is 1. The first-order valence-electron chi connectivity index (χ1n) is 7.44. The van der Waals surface area contributed by atoms with Gasteiger partial charge in [-0.25, -0.2) is 18.4 Å². The van der Waals surface area contributed by atoms with Crippen molar-refractivity contribution >= 4 is 17.8 Å². The van der Waals surface area contributed by atoms with Crippen molar-refractivity contribution in [1.82, 2.24) is 10.2 Å². The van der Waals surface area contributed by atoms with Crippen molar-refractivity contribution in [1.29, 1.82) is 0 Å². The highest BCUT2D eigenvalue weighted by Gasteiger charge is 2.24. The van der Waals surface area contributed by atoms with E-state index >= 15 is 0 Å². The van der Waals surface area contributed by atoms with Gasteiger partial charge in [-0.15, -0.1) is 0 Å². The van der Waals surface area contributed by atoms with Crippen molar-refractivity contribution in [2.45, 2.75) is 25.8 Å². The molecule has 0 bridgehead atoms. The number of likely N-dealkylation sites (tertiary alicyclic amines) is 1. The van der Waals surface area contributed by atoms with Crippen LogP contribution in [0.2, 0.25) is 0 Å². The summed E-state index contributed by atoms with van der Waals surface area (Å²) in [4.78, 5) is 25.0. The van der Waals surface area contributed by atoms with Crippen LogP contribution in [-0.2, 0) is 4.74 Å². The fraction of sp³-hybridized carbons (Fsp3) is 0.467. The molecule has 126 valence electrons. The van der Waals surface area contributed by atoms with Crippen LogP contribution in [-0.4, -0.2) is 42.8 Å². The summed E-state index contributed by atoms with van der Waals surface area (Å²) >= 11 is 0. The molecule has 1 aromatic rings. The molecule has 0 aromatic heterocycles. The van der Waals surface area contributed by atoms with E-state index in [2.05, 4.69) is 10.6 Å². The van der Waals surface area contributed by atoms with E-state index in [-0.39, 0.29) is 17.8 Å². The second-order valence-electron chi connectivity index (χ2n) is 5.19. The Balaban J connectivity index is 1.78. The Morgan fingerprint density at radius 3 is 2.57 bits per heavy atom. The number of hydrogen-bond acceptors (Lipinski definition) is 3. The first-order chi connectivity index (χ1) is 11.0. The van der Waals surface area contributed by atoms with E-state index in [1.165, 1.54) is 6.07 Å². The second kappa shape index (κ2) is 7.75. The molecule has 0 saturated carbocycles. The number of nitrogens with zero attached hydrogens (tertiary/aromatic N) is 1. The van der Waals surface area contributed by atoms with Crippen LogP contribution in [0, 0.1) is 11.6 Å². The molecule has 1 aliphatic heterocycles. The zero-order valence-corrected chi connectivity index (χ0v) is 12.8. The highest BCUT2D eigenvalue weighted by atomic mass is 19.2. The van der Waals surface area contributed by atoms with Gasteiger partial charge in [-0.05, 0) is 31.9 Å². The molecule has 1 aromatic carbocycles. The van der Waals surface area contributed by atoms with Gasteiger partial charge in [0.25, 0.3) is 0 Å². The second-order valence-corrected chi connectivity index (χ2v) is 5.19. The molecular formula is C15H19F2N3O3. The lowest BCUT2D eigenvalue weighted by atomic mass is 10.1. The van der Waals surface area contributed by atoms with E-state index in [0.29, 0.717) is 32.5 Å². The quantitative estimate of drug-likeness (QED) is 0.897. The van der Waals surface area contributed by atoms with E-state index < -0.39 is 17.7 Å². The van der Waals surface area contributed by atoms with Crippen LogP contribution in [0.15, 0.2) is 18.2 Å². The van der Waals surface area contributed by atoms with Gasteiger partial charge in [-0.2, -0.15) is 0 Å². The summed E-state index contributed by atoms with van der Waals surface area (Å²) in [7, 11) is 0. The molecule has 0 atom stereocenters. The standard InChI is InChI=1S/C15H19F2N3O3/c1-2-23-15(22)20-7-5-10(6-8-20)18-14(21)19-11-3-4-12(16)13(17)9-11/h3-4,9-10H,2,5-8H2,1H3,(H2,18,19,21). The number of rotatable bonds is 3. The van der Waals surface area contributed by atoms with Crippen molar-refractivity contribution in [3.05, 3.63) is 29.8 Å². The summed E-state index contributed by atoms with van der Waals surface area (Å²) in [6, 6.07) is 2.55. The number of carbonyl (C=O) groups is 2. The smallest absolute Gasteiger partial charge is 0.409 e. The Hall–Kier alpha value is -2.38. The summed E-state index contributed by atoms with van der Waals surface area (Å²) in [6.45, 7) is 3.06. The van der Waals surface area contributed by atoms with E-state index in [4.69, 9.17) is 4.74 Å². The highest BCUT2D eigenvalue weighted by molar-refractivity contribution is 5.89. The zero-order chi connectivity index (χ0) is 16.8. The lowest BCUT2D eigenvalue weighted by molar-refractivity contribution is 0.0959. The van der Waals surface area contributed by atoms with Gasteiger partial charge >= 0.3 is 12.1 Å². The third kappa shape index (κ3) is 4.80. The average molecular weight is 327 g/mol. The largest absolute Gasteiger partial charge is 0.450 e. The maximum absolute atomic E-state index is 13.1. The van der Waals surface area contributed by atoms with Crippen LogP contribution in [0.4, 0.5) is 24.1 Å². The molecule has 3 amide bonds. The molecule has 23 heavy (non-hydrogen) atoms. The van der Waals surface area contributed by atoms with E-state index in [1.807, 2.05) is 0 Å². The third-order valence-electron chi connectivity index (χ3n) is 3.53. The molecule has 0 aliphatic carbocycles. The van der Waals surface area contributed by atoms with Crippen LogP contribution in [0.1, 0.15) is 19.8 Å². The fourth-order valence-corrected chi connectivity index (χ4v) is 2.35. The van der Waals surface area contributed by atoms with Crippen molar-refractivity contribution in [2.24, 2.45) is 0 Å². The number of nitrogens with one attached hydrogen (secondary N) is 2. The molecule has 1 heterocycles. The molecule has 0 radical (unpaired) electrons. The zero-order valence-electron chi connectivity index (χ0n) is 12.8. The molecule has 0 spiro atoms. The Bertz CT molecular complexity index is 575. The molecule has 0 unspecified atom stereocenters. The van der Waals surface area contributed by atoms with Gasteiger partial charge in [0.05, 0.1) is 6.61 Å². The number of hydrogen-bond donors (Lipinski definition) is 2. The lowest BCUT2D eigenvalue weighted by Crippen LogP contribution is -2.47. The minimum Gasteiger partial charge on any atom is -0.450 e. The van der Waals surface area contributed by atoms with Crippen molar-refractivity contribution < 1.29 is 23.1 Å². The van der Waals surface area contributed by atoms with Gasteiger partial charge in [-0.1, -0.05) is 0 Å². The van der Waals surface area contributed by atoms with Crippen LogP contribution < -0.4 is 10.6 Å². The maximum Gasteiger partial charge on any atom is 0.409 e. The predicted octanol–water partition coefficient (Wildman–Crippen LogP) is 2.71. The van der Waals surface area contributed by atoms with Gasteiger partial charge in [0, 0.05) is 30.9 Å². The summed E-state index contributed by atoms with van der Waals surface area (Å²) < 4.78 is 30.8. The summed E-state index contributed by atoms with van der Waals surface area (Å²) in [6.07, 6.45) is 0.853. The van der Waals surface area contributed by atoms with Crippen LogP contribution in [0.25, 0.3) is 0 Å². The molecule has 1 fully saturated rings. The van der Waals surface area contributed by atoms with Crippen LogP contribution >= 0.6 is 0 Å². The Kier molecular flexibility index (Phi) is 5.72. The van der Waals surface area contributed by atoms with Crippen molar-refractivity contribution in [3.63, 3.8) is 0 Å². The number of piperidine rings is 1. The molecule has 1 aliphatic rings. The summed E-state index contributed by atoms with van der Waals surface area (Å²) in [5.41, 5.74) is 0.172. The van der Waals surface area contributed by atoms with Crippen molar-refractivity contribution in [3.8, 4) is 0 Å². The van der Waals surface area contributed by atoms with Gasteiger partial charge < -0.3 is 20.3 Å². The number of anilines is 1. The van der Waals surface area contributed by atoms with Gasteiger partial charge in [0.15, 0.2) is 11.6 Å². The van der Waals surface area contributed by atoms with E-state index in [0.717, 1.165) is 12.1 Å². The number of carbonyl (C=O) groups excluding carboxylic acids is 2. The normalized spacial score (nSPS) is 15.2. The summed E-state index contributed by atoms with van der Waals surface area (Å²) in [5, 5.41) is 5.20. The molecule has 2 N–H and O–H groups in total. The first kappa shape index (κ1) is 17.0. The monoisotopic (exact) mass is 327 g/mol.